The highest BCUT2D eigenvalue weighted by Gasteiger charge is 2.51. The summed E-state index contributed by atoms with van der Waals surface area (Å²) in [6.07, 6.45) is 8.26. The fourth-order valence-electron chi connectivity index (χ4n) is 5.57. The van der Waals surface area contributed by atoms with Gasteiger partial charge in [0.2, 0.25) is 10.0 Å². The molecule has 1 amide bonds. The maximum Gasteiger partial charge on any atom is 0.324 e. The third kappa shape index (κ3) is 5.22. The zero-order chi connectivity index (χ0) is 19.7. The van der Waals surface area contributed by atoms with E-state index in [0.29, 0.717) is 6.42 Å². The van der Waals surface area contributed by atoms with Crippen molar-refractivity contribution >= 4 is 21.9 Å². The van der Waals surface area contributed by atoms with Crippen molar-refractivity contribution in [2.45, 2.75) is 76.8 Å². The number of ether oxygens (including phenoxy) is 1. The number of esters is 1. The normalized spacial score (nSPS) is 32.9. The molecule has 0 radical (unpaired) electrons. The molecule has 1 atom stereocenters. The molecule has 0 unspecified atom stereocenters. The van der Waals surface area contributed by atoms with Crippen LogP contribution < -0.4 is 10.0 Å². The van der Waals surface area contributed by atoms with E-state index in [2.05, 4.69) is 10.0 Å². The molecule has 0 aromatic carbocycles. The molecule has 4 bridgehead atoms. The average Bonchev–Trinajstić information content (AvgIpc) is 2.55. The van der Waals surface area contributed by atoms with E-state index in [1.165, 1.54) is 26.2 Å². The molecule has 0 heterocycles. The largest absolute Gasteiger partial charge is 0.454 e. The molecule has 0 aromatic heterocycles. The number of carbonyl (C=O) groups is 2. The summed E-state index contributed by atoms with van der Waals surface area (Å²) in [6.45, 7) is 2.97. The predicted octanol–water partition coefficient (Wildman–Crippen LogP) is 1.72. The van der Waals surface area contributed by atoms with Gasteiger partial charge in [-0.15, -0.1) is 0 Å². The number of hydrogen-bond acceptors (Lipinski definition) is 5. The van der Waals surface area contributed by atoms with E-state index in [0.717, 1.165) is 43.4 Å². The molecule has 154 valence electrons. The molecule has 0 saturated heterocycles. The first-order valence-corrected chi connectivity index (χ1v) is 11.8. The summed E-state index contributed by atoms with van der Waals surface area (Å²) in [6, 6.07) is -1.00. The first kappa shape index (κ1) is 20.6. The Hall–Kier alpha value is -1.15. The maximum atomic E-state index is 12.4. The lowest BCUT2D eigenvalue weighted by atomic mass is 9.53. The van der Waals surface area contributed by atoms with E-state index in [4.69, 9.17) is 4.74 Å². The summed E-state index contributed by atoms with van der Waals surface area (Å²) in [7, 11) is -3.51. The van der Waals surface area contributed by atoms with Crippen molar-refractivity contribution in [3.8, 4) is 0 Å². The van der Waals surface area contributed by atoms with Crippen LogP contribution in [-0.4, -0.2) is 44.2 Å². The van der Waals surface area contributed by atoms with Gasteiger partial charge in [-0.3, -0.25) is 9.59 Å². The van der Waals surface area contributed by atoms with Gasteiger partial charge in [-0.2, -0.15) is 0 Å². The van der Waals surface area contributed by atoms with Gasteiger partial charge in [-0.25, -0.2) is 13.1 Å². The Labute approximate surface area is 162 Å². The van der Waals surface area contributed by atoms with E-state index in [9.17, 15) is 18.0 Å². The van der Waals surface area contributed by atoms with Crippen LogP contribution in [0.5, 0.6) is 0 Å². The Morgan fingerprint density at radius 1 is 1.11 bits per heavy atom. The Morgan fingerprint density at radius 3 is 2.19 bits per heavy atom. The van der Waals surface area contributed by atoms with Crippen LogP contribution in [0.2, 0.25) is 0 Å². The summed E-state index contributed by atoms with van der Waals surface area (Å²) in [5.41, 5.74) is -0.119. The van der Waals surface area contributed by atoms with Crippen LogP contribution in [0.25, 0.3) is 0 Å². The molecule has 4 fully saturated rings. The third-order valence-electron chi connectivity index (χ3n) is 6.26. The Kier molecular flexibility index (Phi) is 6.15. The Morgan fingerprint density at radius 2 is 1.67 bits per heavy atom. The van der Waals surface area contributed by atoms with Crippen LogP contribution in [0.1, 0.15) is 65.2 Å². The van der Waals surface area contributed by atoms with Crippen molar-refractivity contribution in [2.75, 3.05) is 12.4 Å². The summed E-state index contributed by atoms with van der Waals surface area (Å²) in [4.78, 5) is 24.4. The van der Waals surface area contributed by atoms with Crippen LogP contribution in [0.3, 0.4) is 0 Å². The molecule has 0 spiro atoms. The van der Waals surface area contributed by atoms with Crippen LogP contribution in [-0.2, 0) is 24.3 Å². The molecule has 7 nitrogen and oxygen atoms in total. The van der Waals surface area contributed by atoms with E-state index in [-0.39, 0.29) is 23.8 Å². The molecule has 27 heavy (non-hydrogen) atoms. The van der Waals surface area contributed by atoms with Gasteiger partial charge in [-0.05, 0) is 69.6 Å². The summed E-state index contributed by atoms with van der Waals surface area (Å²) in [5.74, 6) is 1.13. The number of unbranched alkanes of at least 4 members (excludes halogenated alkanes) is 1. The number of carbonyl (C=O) groups excluding carboxylic acids is 2. The van der Waals surface area contributed by atoms with Gasteiger partial charge in [0.1, 0.15) is 6.04 Å². The van der Waals surface area contributed by atoms with Crippen molar-refractivity contribution in [2.24, 2.45) is 17.8 Å². The van der Waals surface area contributed by atoms with Gasteiger partial charge in [0.15, 0.2) is 6.61 Å². The van der Waals surface area contributed by atoms with E-state index in [1.807, 2.05) is 6.92 Å². The summed E-state index contributed by atoms with van der Waals surface area (Å²) >= 11 is 0. The molecule has 4 aliphatic rings. The second kappa shape index (κ2) is 8.07. The zero-order valence-corrected chi connectivity index (χ0v) is 17.1. The first-order chi connectivity index (χ1) is 12.7. The zero-order valence-electron chi connectivity index (χ0n) is 16.3. The van der Waals surface area contributed by atoms with Gasteiger partial charge in [-0.1, -0.05) is 13.3 Å². The highest BCUT2D eigenvalue weighted by Crippen LogP contribution is 2.55. The quantitative estimate of drug-likeness (QED) is 0.574. The molecule has 0 aromatic rings. The van der Waals surface area contributed by atoms with Gasteiger partial charge in [0, 0.05) is 5.54 Å². The minimum atomic E-state index is -3.51. The minimum Gasteiger partial charge on any atom is -0.454 e. The van der Waals surface area contributed by atoms with Gasteiger partial charge < -0.3 is 10.1 Å². The van der Waals surface area contributed by atoms with Crippen molar-refractivity contribution in [1.82, 2.24) is 10.0 Å². The standard InChI is InChI=1S/C19H32N2O5S/c1-3-4-5-27(24,25)21-13(2)18(23)26-12-17(22)20-19-9-14-6-15(10-19)8-16(7-14)11-19/h13-16,21H,3-12H2,1-2H3,(H,20,22)/t13-,14?,15?,16?,19?/m0/s1. The van der Waals surface area contributed by atoms with Crippen LogP contribution in [0.4, 0.5) is 0 Å². The number of hydrogen-bond donors (Lipinski definition) is 2. The Balaban J connectivity index is 1.44. The highest BCUT2D eigenvalue weighted by molar-refractivity contribution is 7.89. The van der Waals surface area contributed by atoms with Crippen LogP contribution >= 0.6 is 0 Å². The minimum absolute atomic E-state index is 0.0202. The lowest BCUT2D eigenvalue weighted by molar-refractivity contribution is -0.151. The molecular formula is C19H32N2O5S. The molecule has 4 rings (SSSR count). The summed E-state index contributed by atoms with van der Waals surface area (Å²) in [5, 5.41) is 3.14. The monoisotopic (exact) mass is 400 g/mol. The van der Waals surface area contributed by atoms with Crippen molar-refractivity contribution in [3.05, 3.63) is 0 Å². The number of nitrogens with one attached hydrogen (secondary N) is 2. The van der Waals surface area contributed by atoms with Crippen LogP contribution in [0.15, 0.2) is 0 Å². The topological polar surface area (TPSA) is 102 Å². The fourth-order valence-corrected chi connectivity index (χ4v) is 6.99. The fraction of sp³-hybridized carbons (Fsp3) is 0.895. The first-order valence-electron chi connectivity index (χ1n) is 10.2. The number of sulfonamides is 1. The second-order valence-corrected chi connectivity index (χ2v) is 10.7. The lowest BCUT2D eigenvalue weighted by Crippen LogP contribution is -2.60. The molecule has 8 heteroatoms. The highest BCUT2D eigenvalue weighted by atomic mass is 32.2. The van der Waals surface area contributed by atoms with Gasteiger partial charge in [0.25, 0.3) is 5.91 Å². The van der Waals surface area contributed by atoms with Crippen molar-refractivity contribution in [1.29, 1.82) is 0 Å². The third-order valence-corrected chi connectivity index (χ3v) is 7.80. The molecule has 4 aliphatic carbocycles. The summed E-state index contributed by atoms with van der Waals surface area (Å²) < 4.78 is 31.1. The second-order valence-electron chi connectivity index (χ2n) is 8.87. The van der Waals surface area contributed by atoms with Crippen molar-refractivity contribution in [3.63, 3.8) is 0 Å². The predicted molar refractivity (Wildman–Crippen MR) is 101 cm³/mol. The van der Waals surface area contributed by atoms with Crippen LogP contribution in [0, 0.1) is 17.8 Å². The number of amides is 1. The number of rotatable bonds is 9. The molecule has 2 N–H and O–H groups in total. The van der Waals surface area contributed by atoms with Gasteiger partial charge in [0.05, 0.1) is 5.75 Å². The Bertz CT molecular complexity index is 640. The maximum absolute atomic E-state index is 12.4. The van der Waals surface area contributed by atoms with E-state index < -0.39 is 22.0 Å². The smallest absolute Gasteiger partial charge is 0.324 e. The molecular weight excluding hydrogens is 368 g/mol. The molecule has 4 saturated carbocycles. The van der Waals surface area contributed by atoms with Crippen molar-refractivity contribution < 1.29 is 22.7 Å². The van der Waals surface area contributed by atoms with E-state index >= 15 is 0 Å². The van der Waals surface area contributed by atoms with Gasteiger partial charge >= 0.3 is 5.97 Å². The van der Waals surface area contributed by atoms with E-state index in [1.54, 1.807) is 0 Å². The SMILES string of the molecule is CCCCS(=O)(=O)N[C@@H](C)C(=O)OCC(=O)NC12CC3CC(CC(C3)C1)C2. The molecule has 0 aliphatic heterocycles. The average molecular weight is 401 g/mol. The lowest BCUT2D eigenvalue weighted by Gasteiger charge is -2.56.